The summed E-state index contributed by atoms with van der Waals surface area (Å²) in [5, 5.41) is 3.75. The molecule has 1 aliphatic rings. The van der Waals surface area contributed by atoms with Crippen molar-refractivity contribution in [2.75, 3.05) is 25.6 Å². The molecule has 2 amide bonds. The molecule has 5 nitrogen and oxygen atoms in total. The number of hydrogen-bond donors (Lipinski definition) is 1. The molecular weight excluding hydrogens is 364 g/mol. The molecule has 1 aliphatic heterocycles. The molecule has 3 rings (SSSR count). The smallest absolute Gasteiger partial charge is 0.278 e. The average molecular weight is 385 g/mol. The van der Waals surface area contributed by atoms with Crippen LogP contribution in [0.25, 0.3) is 5.57 Å². The summed E-state index contributed by atoms with van der Waals surface area (Å²) in [5.74, 6) is -0.700. The summed E-state index contributed by atoms with van der Waals surface area (Å²) < 4.78 is 5.04. The summed E-state index contributed by atoms with van der Waals surface area (Å²) in [6.45, 7) is 4.44. The van der Waals surface area contributed by atoms with Crippen molar-refractivity contribution in [3.8, 4) is 0 Å². The van der Waals surface area contributed by atoms with Crippen molar-refractivity contribution in [2.45, 2.75) is 13.8 Å². The summed E-state index contributed by atoms with van der Waals surface area (Å²) >= 11 is 5.97. The second-order valence-corrected chi connectivity index (χ2v) is 6.89. The highest BCUT2D eigenvalue weighted by Gasteiger charge is 2.39. The van der Waals surface area contributed by atoms with E-state index in [-0.39, 0.29) is 30.7 Å². The molecule has 0 aliphatic carbocycles. The third kappa shape index (κ3) is 3.89. The molecule has 0 atom stereocenters. The van der Waals surface area contributed by atoms with Gasteiger partial charge < -0.3 is 10.1 Å². The maximum atomic E-state index is 13.0. The first-order valence-corrected chi connectivity index (χ1v) is 8.99. The number of rotatable bonds is 6. The Kier molecular flexibility index (Phi) is 5.63. The van der Waals surface area contributed by atoms with Gasteiger partial charge in [-0.15, -0.1) is 0 Å². The van der Waals surface area contributed by atoms with E-state index in [4.69, 9.17) is 16.3 Å². The van der Waals surface area contributed by atoms with E-state index < -0.39 is 0 Å². The Balaban J connectivity index is 2.05. The topological polar surface area (TPSA) is 58.6 Å². The fourth-order valence-electron chi connectivity index (χ4n) is 3.05. The zero-order chi connectivity index (χ0) is 19.6. The van der Waals surface area contributed by atoms with Crippen LogP contribution in [0.2, 0.25) is 5.02 Å². The van der Waals surface area contributed by atoms with Gasteiger partial charge in [0.25, 0.3) is 11.8 Å². The quantitative estimate of drug-likeness (QED) is 0.770. The second kappa shape index (κ2) is 7.94. The molecule has 0 aromatic heterocycles. The minimum Gasteiger partial charge on any atom is -0.383 e. The van der Waals surface area contributed by atoms with E-state index in [1.807, 2.05) is 32.0 Å². The number of benzene rings is 2. The molecule has 1 N–H and O–H groups in total. The normalized spacial score (nSPS) is 14.3. The Labute approximate surface area is 163 Å². The van der Waals surface area contributed by atoms with Gasteiger partial charge in [-0.3, -0.25) is 14.5 Å². The van der Waals surface area contributed by atoms with Gasteiger partial charge in [0, 0.05) is 17.8 Å². The highest BCUT2D eigenvalue weighted by molar-refractivity contribution is 6.37. The number of carbonyl (C=O) groups is 2. The lowest BCUT2D eigenvalue weighted by Crippen LogP contribution is -2.35. The zero-order valence-electron chi connectivity index (χ0n) is 15.5. The molecule has 0 bridgehead atoms. The van der Waals surface area contributed by atoms with Crippen molar-refractivity contribution in [3.63, 3.8) is 0 Å². The van der Waals surface area contributed by atoms with Crippen LogP contribution in [0.15, 0.2) is 48.2 Å². The Hall–Kier alpha value is -2.63. The average Bonchev–Trinajstić information content (AvgIpc) is 2.86. The molecule has 27 heavy (non-hydrogen) atoms. The van der Waals surface area contributed by atoms with E-state index in [1.54, 1.807) is 24.3 Å². The van der Waals surface area contributed by atoms with Gasteiger partial charge in [0.05, 0.1) is 18.7 Å². The fraction of sp³-hybridized carbons (Fsp3) is 0.238. The predicted molar refractivity (Wildman–Crippen MR) is 107 cm³/mol. The fourth-order valence-corrected chi connectivity index (χ4v) is 3.18. The third-order valence-electron chi connectivity index (χ3n) is 4.46. The van der Waals surface area contributed by atoms with Gasteiger partial charge >= 0.3 is 0 Å². The predicted octanol–water partition coefficient (Wildman–Crippen LogP) is 3.80. The van der Waals surface area contributed by atoms with Gasteiger partial charge in [0.15, 0.2) is 0 Å². The van der Waals surface area contributed by atoms with E-state index in [0.717, 1.165) is 16.8 Å². The Morgan fingerprint density at radius 3 is 2.37 bits per heavy atom. The number of nitrogens with one attached hydrogen (secondary N) is 1. The first kappa shape index (κ1) is 19.1. The van der Waals surface area contributed by atoms with Crippen molar-refractivity contribution in [1.82, 2.24) is 4.90 Å². The lowest BCUT2D eigenvalue weighted by atomic mass is 10.0. The number of carbonyl (C=O) groups excluding carboxylic acids is 2. The minimum atomic E-state index is -0.359. The van der Waals surface area contributed by atoms with Crippen LogP contribution < -0.4 is 5.32 Å². The van der Waals surface area contributed by atoms with E-state index >= 15 is 0 Å². The number of amides is 2. The molecule has 6 heteroatoms. The molecule has 0 spiro atoms. The van der Waals surface area contributed by atoms with Crippen LogP contribution in [0.3, 0.4) is 0 Å². The minimum absolute atomic E-state index is 0.198. The Morgan fingerprint density at radius 2 is 1.74 bits per heavy atom. The first-order valence-electron chi connectivity index (χ1n) is 8.62. The molecule has 2 aromatic carbocycles. The summed E-state index contributed by atoms with van der Waals surface area (Å²) in [6.07, 6.45) is 0. The summed E-state index contributed by atoms with van der Waals surface area (Å²) in [6, 6.07) is 12.8. The molecule has 0 fully saturated rings. The van der Waals surface area contributed by atoms with Crippen LogP contribution in [0.5, 0.6) is 0 Å². The Morgan fingerprint density at radius 1 is 1.04 bits per heavy atom. The molecule has 140 valence electrons. The second-order valence-electron chi connectivity index (χ2n) is 6.46. The van der Waals surface area contributed by atoms with Gasteiger partial charge in [-0.05, 0) is 43.2 Å². The highest BCUT2D eigenvalue weighted by Crippen LogP contribution is 2.31. The first-order chi connectivity index (χ1) is 12.9. The van der Waals surface area contributed by atoms with Gasteiger partial charge in [-0.2, -0.15) is 0 Å². The van der Waals surface area contributed by atoms with Crippen LogP contribution >= 0.6 is 11.6 Å². The van der Waals surface area contributed by atoms with Crippen molar-refractivity contribution >= 4 is 34.7 Å². The van der Waals surface area contributed by atoms with Gasteiger partial charge in [0.2, 0.25) is 0 Å². The summed E-state index contributed by atoms with van der Waals surface area (Å²) in [7, 11) is 1.54. The van der Waals surface area contributed by atoms with Crippen molar-refractivity contribution in [1.29, 1.82) is 0 Å². The summed E-state index contributed by atoms with van der Waals surface area (Å²) in [5.41, 5.74) is 4.16. The van der Waals surface area contributed by atoms with Gasteiger partial charge in [-0.25, -0.2) is 0 Å². The van der Waals surface area contributed by atoms with E-state index in [2.05, 4.69) is 5.32 Å². The molecular formula is C21H21ClN2O3. The van der Waals surface area contributed by atoms with Crippen LogP contribution in [-0.2, 0) is 14.3 Å². The number of methoxy groups -OCH3 is 1. The van der Waals surface area contributed by atoms with E-state index in [9.17, 15) is 9.59 Å². The number of hydrogen-bond acceptors (Lipinski definition) is 4. The van der Waals surface area contributed by atoms with Crippen LogP contribution in [-0.4, -0.2) is 37.0 Å². The third-order valence-corrected chi connectivity index (χ3v) is 4.71. The van der Waals surface area contributed by atoms with Crippen LogP contribution in [0.1, 0.15) is 16.7 Å². The SMILES string of the molecule is COCCN1C(=O)C(Nc2ccc(C)cc2C)=C(c2ccc(Cl)cc2)C1=O. The lowest BCUT2D eigenvalue weighted by molar-refractivity contribution is -0.137. The van der Waals surface area contributed by atoms with E-state index in [1.165, 1.54) is 12.0 Å². The molecule has 0 saturated heterocycles. The molecule has 1 heterocycles. The number of aryl methyl sites for hydroxylation is 2. The summed E-state index contributed by atoms with van der Waals surface area (Å²) in [4.78, 5) is 27.1. The molecule has 0 radical (unpaired) electrons. The number of nitrogens with zero attached hydrogens (tertiary/aromatic N) is 1. The van der Waals surface area contributed by atoms with Crippen molar-refractivity contribution in [2.24, 2.45) is 0 Å². The number of imide groups is 1. The van der Waals surface area contributed by atoms with Crippen LogP contribution in [0.4, 0.5) is 5.69 Å². The van der Waals surface area contributed by atoms with E-state index in [0.29, 0.717) is 16.2 Å². The maximum absolute atomic E-state index is 13.0. The Bertz CT molecular complexity index is 920. The van der Waals surface area contributed by atoms with Gasteiger partial charge in [0.1, 0.15) is 5.70 Å². The van der Waals surface area contributed by atoms with Crippen molar-refractivity contribution < 1.29 is 14.3 Å². The molecule has 2 aromatic rings. The molecule has 0 unspecified atom stereocenters. The van der Waals surface area contributed by atoms with Crippen LogP contribution in [0, 0.1) is 13.8 Å². The zero-order valence-corrected chi connectivity index (χ0v) is 16.3. The highest BCUT2D eigenvalue weighted by atomic mass is 35.5. The largest absolute Gasteiger partial charge is 0.383 e. The monoisotopic (exact) mass is 384 g/mol. The number of halogens is 1. The lowest BCUT2D eigenvalue weighted by Gasteiger charge is -2.15. The molecule has 0 saturated carbocycles. The number of ether oxygens (including phenoxy) is 1. The van der Waals surface area contributed by atoms with Crippen molar-refractivity contribution in [3.05, 3.63) is 69.9 Å². The standard InChI is InChI=1S/C21H21ClN2O3/c1-13-4-9-17(14(2)12-13)23-19-18(15-5-7-16(22)8-6-15)20(25)24(21(19)26)10-11-27-3/h4-9,12,23H,10-11H2,1-3H3. The number of anilines is 1. The maximum Gasteiger partial charge on any atom is 0.278 e. The van der Waals surface area contributed by atoms with Gasteiger partial charge in [-0.1, -0.05) is 41.4 Å².